The molecule has 0 saturated carbocycles. The summed E-state index contributed by atoms with van der Waals surface area (Å²) in [5.41, 5.74) is 4.00. The van der Waals surface area contributed by atoms with Gasteiger partial charge in [-0.15, -0.1) is 0 Å². The molecule has 5 nitrogen and oxygen atoms in total. The van der Waals surface area contributed by atoms with E-state index in [1.807, 2.05) is 29.2 Å². The summed E-state index contributed by atoms with van der Waals surface area (Å²) in [5.74, 6) is 0.367. The van der Waals surface area contributed by atoms with E-state index in [1.165, 1.54) is 15.4 Å². The number of fused-ring (bicyclic) bond motifs is 1. The number of nitrogens with zero attached hydrogens (tertiary/aromatic N) is 2. The van der Waals surface area contributed by atoms with E-state index in [9.17, 15) is 13.2 Å². The van der Waals surface area contributed by atoms with Crippen LogP contribution in [0.3, 0.4) is 0 Å². The first-order chi connectivity index (χ1) is 16.0. The first-order valence-electron chi connectivity index (χ1n) is 11.5. The zero-order valence-electron chi connectivity index (χ0n) is 18.6. The van der Waals surface area contributed by atoms with Gasteiger partial charge in [-0.3, -0.25) is 4.79 Å². The molecule has 2 heterocycles. The van der Waals surface area contributed by atoms with Crippen molar-refractivity contribution >= 4 is 15.9 Å². The highest BCUT2D eigenvalue weighted by Crippen LogP contribution is 2.29. The van der Waals surface area contributed by atoms with Crippen LogP contribution in [0.4, 0.5) is 0 Å². The Bertz CT molecular complexity index is 1250. The molecule has 3 aromatic carbocycles. The van der Waals surface area contributed by atoms with Gasteiger partial charge in [0.05, 0.1) is 4.90 Å². The fourth-order valence-corrected chi connectivity index (χ4v) is 6.40. The highest BCUT2D eigenvalue weighted by atomic mass is 32.2. The molecule has 1 saturated heterocycles. The highest BCUT2D eigenvalue weighted by Gasteiger charge is 2.30. The summed E-state index contributed by atoms with van der Waals surface area (Å²) < 4.78 is 28.2. The molecular weight excluding hydrogens is 432 g/mol. The summed E-state index contributed by atoms with van der Waals surface area (Å²) in [6.45, 7) is 2.17. The van der Waals surface area contributed by atoms with E-state index in [0.29, 0.717) is 44.1 Å². The number of piperidine rings is 1. The van der Waals surface area contributed by atoms with Crippen LogP contribution in [-0.4, -0.2) is 43.2 Å². The van der Waals surface area contributed by atoms with Gasteiger partial charge in [0.1, 0.15) is 0 Å². The highest BCUT2D eigenvalue weighted by molar-refractivity contribution is 7.89. The van der Waals surface area contributed by atoms with E-state index < -0.39 is 10.0 Å². The maximum atomic E-state index is 13.3. The summed E-state index contributed by atoms with van der Waals surface area (Å²) in [7, 11) is -3.67. The Morgan fingerprint density at radius 1 is 0.788 bits per heavy atom. The van der Waals surface area contributed by atoms with Crippen LogP contribution in [-0.2, 0) is 23.0 Å². The second-order valence-electron chi connectivity index (χ2n) is 8.86. The van der Waals surface area contributed by atoms with Gasteiger partial charge in [-0.2, -0.15) is 4.31 Å². The summed E-state index contributed by atoms with van der Waals surface area (Å²) >= 11 is 0. The van der Waals surface area contributed by atoms with E-state index in [-0.39, 0.29) is 10.8 Å². The smallest absolute Gasteiger partial charge is 0.253 e. The third kappa shape index (κ3) is 4.45. The molecule has 170 valence electrons. The van der Waals surface area contributed by atoms with Gasteiger partial charge in [0.25, 0.3) is 5.91 Å². The number of hydrogen-bond donors (Lipinski definition) is 0. The Balaban J connectivity index is 1.30. The van der Waals surface area contributed by atoms with Crippen LogP contribution in [0.15, 0.2) is 83.8 Å². The number of sulfonamides is 1. The number of benzene rings is 3. The molecule has 5 rings (SSSR count). The SMILES string of the molecule is O=C(c1cccc(S(=O)(=O)N2CCc3ccccc3C2)c1)N1CCC(c2ccccc2)CC1. The topological polar surface area (TPSA) is 57.7 Å². The fraction of sp³-hybridized carbons (Fsp3) is 0.296. The number of carbonyl (C=O) groups excluding carboxylic acids is 1. The minimum absolute atomic E-state index is 0.0949. The number of hydrogen-bond acceptors (Lipinski definition) is 3. The average molecular weight is 461 g/mol. The van der Waals surface area contributed by atoms with Crippen LogP contribution in [0.1, 0.15) is 45.8 Å². The molecule has 0 spiro atoms. The summed E-state index contributed by atoms with van der Waals surface area (Å²) in [5, 5.41) is 0. The standard InChI is InChI=1S/C27H28N2O3S/c30-27(28-16-13-23(14-17-28)21-7-2-1-3-8-21)24-11-6-12-26(19-24)33(31,32)29-18-15-22-9-4-5-10-25(22)20-29/h1-12,19,23H,13-18,20H2. The molecule has 0 N–H and O–H groups in total. The van der Waals surface area contributed by atoms with Crippen LogP contribution in [0, 0.1) is 0 Å². The molecule has 0 atom stereocenters. The van der Waals surface area contributed by atoms with Gasteiger partial charge in [0, 0.05) is 31.7 Å². The lowest BCUT2D eigenvalue weighted by Gasteiger charge is -2.32. The largest absolute Gasteiger partial charge is 0.339 e. The van der Waals surface area contributed by atoms with Gasteiger partial charge in [0.15, 0.2) is 0 Å². The molecule has 2 aliphatic rings. The minimum Gasteiger partial charge on any atom is -0.339 e. The van der Waals surface area contributed by atoms with Crippen LogP contribution in [0.5, 0.6) is 0 Å². The maximum Gasteiger partial charge on any atom is 0.253 e. The Morgan fingerprint density at radius 2 is 1.48 bits per heavy atom. The van der Waals surface area contributed by atoms with Crippen molar-refractivity contribution in [1.29, 1.82) is 0 Å². The van der Waals surface area contributed by atoms with Crippen LogP contribution < -0.4 is 0 Å². The second kappa shape index (κ2) is 9.12. The van der Waals surface area contributed by atoms with Crippen LogP contribution >= 0.6 is 0 Å². The number of rotatable bonds is 4. The molecular formula is C27H28N2O3S. The lowest BCUT2D eigenvalue weighted by Crippen LogP contribution is -2.38. The Labute approximate surface area is 195 Å². The predicted molar refractivity (Wildman–Crippen MR) is 129 cm³/mol. The van der Waals surface area contributed by atoms with Gasteiger partial charge < -0.3 is 4.90 Å². The van der Waals surface area contributed by atoms with Crippen molar-refractivity contribution in [2.24, 2.45) is 0 Å². The van der Waals surface area contributed by atoms with Crippen molar-refractivity contribution in [3.63, 3.8) is 0 Å². The third-order valence-electron chi connectivity index (χ3n) is 6.87. The van der Waals surface area contributed by atoms with Crippen molar-refractivity contribution in [3.8, 4) is 0 Å². The zero-order valence-corrected chi connectivity index (χ0v) is 19.4. The summed E-state index contributed by atoms with van der Waals surface area (Å²) in [6, 6.07) is 24.9. The molecule has 0 bridgehead atoms. The zero-order chi connectivity index (χ0) is 22.8. The van der Waals surface area contributed by atoms with Gasteiger partial charge in [-0.1, -0.05) is 60.7 Å². The van der Waals surface area contributed by atoms with Gasteiger partial charge in [-0.05, 0) is 60.1 Å². The monoisotopic (exact) mass is 460 g/mol. The average Bonchev–Trinajstić information content (AvgIpc) is 2.88. The summed E-state index contributed by atoms with van der Waals surface area (Å²) in [6.07, 6.45) is 2.53. The normalized spacial score (nSPS) is 17.5. The van der Waals surface area contributed by atoms with E-state index in [4.69, 9.17) is 0 Å². The quantitative estimate of drug-likeness (QED) is 0.578. The molecule has 0 aliphatic carbocycles. The van der Waals surface area contributed by atoms with Gasteiger partial charge in [-0.25, -0.2) is 8.42 Å². The van der Waals surface area contributed by atoms with Crippen molar-refractivity contribution in [3.05, 3.63) is 101 Å². The fourth-order valence-electron chi connectivity index (χ4n) is 4.94. The predicted octanol–water partition coefficient (Wildman–Crippen LogP) is 4.45. The lowest BCUT2D eigenvalue weighted by atomic mass is 9.89. The van der Waals surface area contributed by atoms with Crippen molar-refractivity contribution in [2.75, 3.05) is 19.6 Å². The molecule has 1 fully saturated rings. The molecule has 0 aromatic heterocycles. The Kier molecular flexibility index (Phi) is 6.04. The van der Waals surface area contributed by atoms with Crippen LogP contribution in [0.25, 0.3) is 0 Å². The van der Waals surface area contributed by atoms with E-state index >= 15 is 0 Å². The molecule has 2 aliphatic heterocycles. The van der Waals surface area contributed by atoms with Crippen LogP contribution in [0.2, 0.25) is 0 Å². The minimum atomic E-state index is -3.67. The Morgan fingerprint density at radius 3 is 2.24 bits per heavy atom. The first-order valence-corrected chi connectivity index (χ1v) is 13.0. The Hall–Kier alpha value is -2.96. The molecule has 0 unspecified atom stereocenters. The van der Waals surface area contributed by atoms with Gasteiger partial charge >= 0.3 is 0 Å². The van der Waals surface area contributed by atoms with Crippen molar-refractivity contribution in [2.45, 2.75) is 36.6 Å². The summed E-state index contributed by atoms with van der Waals surface area (Å²) in [4.78, 5) is 15.2. The van der Waals surface area contributed by atoms with E-state index in [1.54, 1.807) is 24.3 Å². The van der Waals surface area contributed by atoms with E-state index in [2.05, 4.69) is 30.3 Å². The maximum absolute atomic E-state index is 13.3. The number of carbonyl (C=O) groups is 1. The molecule has 6 heteroatoms. The first kappa shape index (κ1) is 21.9. The second-order valence-corrected chi connectivity index (χ2v) is 10.8. The number of likely N-dealkylation sites (tertiary alicyclic amines) is 1. The molecule has 3 aromatic rings. The molecule has 1 amide bonds. The molecule has 0 radical (unpaired) electrons. The lowest BCUT2D eigenvalue weighted by molar-refractivity contribution is 0.0712. The van der Waals surface area contributed by atoms with Gasteiger partial charge in [0.2, 0.25) is 10.0 Å². The van der Waals surface area contributed by atoms with Crippen molar-refractivity contribution in [1.82, 2.24) is 9.21 Å². The van der Waals surface area contributed by atoms with E-state index in [0.717, 1.165) is 18.4 Å². The molecule has 33 heavy (non-hydrogen) atoms. The number of amides is 1. The van der Waals surface area contributed by atoms with Crippen molar-refractivity contribution < 1.29 is 13.2 Å². The third-order valence-corrected chi connectivity index (χ3v) is 8.71.